The molecular weight excluding hydrogens is 266 g/mol. The maximum absolute atomic E-state index is 11.1. The summed E-state index contributed by atoms with van der Waals surface area (Å²) in [5, 5.41) is 0. The normalized spacial score (nSPS) is 12.3. The Bertz CT molecular complexity index is 590. The molecule has 1 aromatic rings. The second-order valence-corrected chi connectivity index (χ2v) is 6.51. The number of hydrogen-bond donors (Lipinski definition) is 0. The number of amides is 1. The second-order valence-electron chi connectivity index (χ2n) is 4.25. The Balaban J connectivity index is 2.88. The van der Waals surface area contributed by atoms with Crippen LogP contribution < -0.4 is 0 Å². The molecule has 0 aliphatic heterocycles. The van der Waals surface area contributed by atoms with Crippen molar-refractivity contribution in [2.24, 2.45) is 4.99 Å². The van der Waals surface area contributed by atoms with E-state index in [1.54, 1.807) is 6.92 Å². The van der Waals surface area contributed by atoms with Gasteiger partial charge in [0.25, 0.3) is 0 Å². The SMILES string of the molecule is COC(=O)/N=C(/C)c1cccc(CCS(C)(=O)=O)c1. The number of aryl methyl sites for hydroxylation is 1. The van der Waals surface area contributed by atoms with E-state index in [1.165, 1.54) is 13.4 Å². The highest BCUT2D eigenvalue weighted by molar-refractivity contribution is 7.90. The molecule has 6 heteroatoms. The number of carbonyl (C=O) groups excluding carboxylic acids is 1. The van der Waals surface area contributed by atoms with Crippen LogP contribution in [-0.2, 0) is 21.0 Å². The van der Waals surface area contributed by atoms with Gasteiger partial charge in [-0.15, -0.1) is 0 Å². The number of aliphatic imine (C=N–C) groups is 1. The number of sulfone groups is 1. The number of ether oxygens (including phenoxy) is 1. The Kier molecular flexibility index (Phi) is 5.23. The van der Waals surface area contributed by atoms with E-state index >= 15 is 0 Å². The topological polar surface area (TPSA) is 72.8 Å². The van der Waals surface area contributed by atoms with Gasteiger partial charge >= 0.3 is 6.09 Å². The van der Waals surface area contributed by atoms with Crippen LogP contribution in [0.5, 0.6) is 0 Å². The summed E-state index contributed by atoms with van der Waals surface area (Å²) in [6.45, 7) is 1.70. The third-order valence-electron chi connectivity index (χ3n) is 2.54. The molecule has 0 unspecified atom stereocenters. The number of hydrogen-bond acceptors (Lipinski definition) is 4. The van der Waals surface area contributed by atoms with Gasteiger partial charge in [-0.25, -0.2) is 13.2 Å². The number of carbonyl (C=O) groups is 1. The minimum Gasteiger partial charge on any atom is -0.451 e. The zero-order valence-electron chi connectivity index (χ0n) is 11.2. The van der Waals surface area contributed by atoms with Gasteiger partial charge in [0.05, 0.1) is 18.6 Å². The maximum Gasteiger partial charge on any atom is 0.433 e. The van der Waals surface area contributed by atoms with Gasteiger partial charge < -0.3 is 4.74 Å². The molecule has 0 bridgehead atoms. The third kappa shape index (κ3) is 5.65. The van der Waals surface area contributed by atoms with E-state index in [4.69, 9.17) is 0 Å². The molecule has 0 aromatic heterocycles. The molecule has 5 nitrogen and oxygen atoms in total. The summed E-state index contributed by atoms with van der Waals surface area (Å²) in [4.78, 5) is 14.8. The lowest BCUT2D eigenvalue weighted by atomic mass is 10.1. The van der Waals surface area contributed by atoms with E-state index in [0.717, 1.165) is 11.1 Å². The Morgan fingerprint density at radius 3 is 2.63 bits per heavy atom. The fourth-order valence-electron chi connectivity index (χ4n) is 1.50. The van der Waals surface area contributed by atoms with Gasteiger partial charge in [0.2, 0.25) is 0 Å². The molecule has 0 heterocycles. The van der Waals surface area contributed by atoms with Crippen LogP contribution in [0, 0.1) is 0 Å². The molecule has 0 aliphatic carbocycles. The van der Waals surface area contributed by atoms with Gasteiger partial charge in [-0.05, 0) is 30.5 Å². The zero-order chi connectivity index (χ0) is 14.5. The molecule has 1 amide bonds. The van der Waals surface area contributed by atoms with Crippen molar-refractivity contribution in [3.63, 3.8) is 0 Å². The average Bonchev–Trinajstić information content (AvgIpc) is 2.35. The summed E-state index contributed by atoms with van der Waals surface area (Å²) in [7, 11) is -1.72. The van der Waals surface area contributed by atoms with Crippen molar-refractivity contribution >= 4 is 21.6 Å². The van der Waals surface area contributed by atoms with E-state index < -0.39 is 15.9 Å². The van der Waals surface area contributed by atoms with Crippen LogP contribution in [0.3, 0.4) is 0 Å². The highest BCUT2D eigenvalue weighted by Crippen LogP contribution is 2.09. The molecule has 0 saturated heterocycles. The lowest BCUT2D eigenvalue weighted by Crippen LogP contribution is -2.07. The first kappa shape index (κ1) is 15.4. The van der Waals surface area contributed by atoms with Crippen molar-refractivity contribution in [1.29, 1.82) is 0 Å². The van der Waals surface area contributed by atoms with Crippen molar-refractivity contribution in [2.75, 3.05) is 19.1 Å². The van der Waals surface area contributed by atoms with Crippen LogP contribution in [0.1, 0.15) is 18.1 Å². The first-order valence-electron chi connectivity index (χ1n) is 5.72. The van der Waals surface area contributed by atoms with E-state index in [2.05, 4.69) is 9.73 Å². The monoisotopic (exact) mass is 283 g/mol. The predicted octanol–water partition coefficient (Wildman–Crippen LogP) is 1.85. The molecule has 0 fully saturated rings. The van der Waals surface area contributed by atoms with Crippen LogP contribution in [-0.4, -0.2) is 39.3 Å². The molecule has 0 aliphatic rings. The van der Waals surface area contributed by atoms with Crippen molar-refractivity contribution in [3.05, 3.63) is 35.4 Å². The average molecular weight is 283 g/mol. The first-order chi connectivity index (χ1) is 8.81. The summed E-state index contributed by atoms with van der Waals surface area (Å²) in [6, 6.07) is 7.29. The quantitative estimate of drug-likeness (QED) is 0.790. The van der Waals surface area contributed by atoms with Crippen molar-refractivity contribution in [3.8, 4) is 0 Å². The van der Waals surface area contributed by atoms with Crippen molar-refractivity contribution in [2.45, 2.75) is 13.3 Å². The van der Waals surface area contributed by atoms with Crippen molar-refractivity contribution in [1.82, 2.24) is 0 Å². The van der Waals surface area contributed by atoms with Gasteiger partial charge in [0.1, 0.15) is 9.84 Å². The fourth-order valence-corrected chi connectivity index (χ4v) is 2.11. The molecule has 0 radical (unpaired) electrons. The molecule has 19 heavy (non-hydrogen) atoms. The smallest absolute Gasteiger partial charge is 0.433 e. The summed E-state index contributed by atoms with van der Waals surface area (Å²) in [6.07, 6.45) is 0.998. The van der Waals surface area contributed by atoms with Crippen LogP contribution in [0.25, 0.3) is 0 Å². The van der Waals surface area contributed by atoms with Crippen molar-refractivity contribution < 1.29 is 17.9 Å². The predicted molar refractivity (Wildman–Crippen MR) is 74.5 cm³/mol. The molecule has 0 atom stereocenters. The highest BCUT2D eigenvalue weighted by Gasteiger charge is 2.06. The van der Waals surface area contributed by atoms with Crippen LogP contribution in [0.2, 0.25) is 0 Å². The van der Waals surface area contributed by atoms with E-state index in [-0.39, 0.29) is 5.75 Å². The molecule has 1 aromatic carbocycles. The Hall–Kier alpha value is -1.69. The van der Waals surface area contributed by atoms with Crippen LogP contribution >= 0.6 is 0 Å². The van der Waals surface area contributed by atoms with Gasteiger partial charge in [0, 0.05) is 6.26 Å². The lowest BCUT2D eigenvalue weighted by Gasteiger charge is -2.04. The summed E-state index contributed by atoms with van der Waals surface area (Å²) >= 11 is 0. The molecule has 1 rings (SSSR count). The Labute approximate surface area is 113 Å². The molecule has 0 saturated carbocycles. The van der Waals surface area contributed by atoms with Gasteiger partial charge in [-0.3, -0.25) is 0 Å². The number of methoxy groups -OCH3 is 1. The molecular formula is C13H17NO4S. The van der Waals surface area contributed by atoms with Gasteiger partial charge in [-0.1, -0.05) is 18.2 Å². The molecule has 104 valence electrons. The zero-order valence-corrected chi connectivity index (χ0v) is 12.0. The Morgan fingerprint density at radius 1 is 1.37 bits per heavy atom. The van der Waals surface area contributed by atoms with Crippen LogP contribution in [0.15, 0.2) is 29.3 Å². The summed E-state index contributed by atoms with van der Waals surface area (Å²) in [5.41, 5.74) is 2.20. The molecule has 0 spiro atoms. The largest absolute Gasteiger partial charge is 0.451 e. The maximum atomic E-state index is 11.1. The lowest BCUT2D eigenvalue weighted by molar-refractivity contribution is 0.182. The molecule has 0 N–H and O–H groups in total. The third-order valence-corrected chi connectivity index (χ3v) is 3.49. The van der Waals surface area contributed by atoms with E-state index in [0.29, 0.717) is 12.1 Å². The van der Waals surface area contributed by atoms with Crippen LogP contribution in [0.4, 0.5) is 4.79 Å². The van der Waals surface area contributed by atoms with E-state index in [1.807, 2.05) is 24.3 Å². The second kappa shape index (κ2) is 6.47. The summed E-state index contributed by atoms with van der Waals surface area (Å²) < 4.78 is 26.7. The first-order valence-corrected chi connectivity index (χ1v) is 7.78. The summed E-state index contributed by atoms with van der Waals surface area (Å²) in [5.74, 6) is 0.101. The van der Waals surface area contributed by atoms with Gasteiger partial charge in [0.15, 0.2) is 0 Å². The minimum absolute atomic E-state index is 0.101. The fraction of sp³-hybridized carbons (Fsp3) is 0.385. The number of benzene rings is 1. The standard InChI is InChI=1S/C13H17NO4S/c1-10(14-13(15)18-2)12-6-4-5-11(9-12)7-8-19(3,16)17/h4-6,9H,7-8H2,1-3H3/b14-10-. The Morgan fingerprint density at radius 2 is 2.05 bits per heavy atom. The number of nitrogens with zero attached hydrogens (tertiary/aromatic N) is 1. The van der Waals surface area contributed by atoms with Gasteiger partial charge in [-0.2, -0.15) is 4.99 Å². The highest BCUT2D eigenvalue weighted by atomic mass is 32.2. The minimum atomic E-state index is -2.98. The number of rotatable bonds is 4. The van der Waals surface area contributed by atoms with E-state index in [9.17, 15) is 13.2 Å².